The van der Waals surface area contributed by atoms with Crippen LogP contribution in [0, 0.1) is 0 Å². The Morgan fingerprint density at radius 3 is 2.80 bits per heavy atom. The molecule has 0 saturated carbocycles. The van der Waals surface area contributed by atoms with Gasteiger partial charge < -0.3 is 15.3 Å². The first kappa shape index (κ1) is 14.5. The van der Waals surface area contributed by atoms with Crippen LogP contribution >= 0.6 is 0 Å². The summed E-state index contributed by atoms with van der Waals surface area (Å²) in [5.41, 5.74) is 0.748. The largest absolute Gasteiger partial charge is 0.478 e. The Hall–Kier alpha value is -1.88. The number of benzene rings is 1. The van der Waals surface area contributed by atoms with Crippen molar-refractivity contribution in [2.45, 2.75) is 25.3 Å². The third-order valence-corrected chi connectivity index (χ3v) is 3.81. The fourth-order valence-corrected chi connectivity index (χ4v) is 2.59. The number of hydrogen-bond acceptors (Lipinski definition) is 3. The van der Waals surface area contributed by atoms with E-state index in [1.807, 2.05) is 0 Å². The molecule has 1 fully saturated rings. The molecule has 5 heteroatoms. The molecule has 0 bridgehead atoms. The van der Waals surface area contributed by atoms with Crippen molar-refractivity contribution in [3.63, 3.8) is 0 Å². The van der Waals surface area contributed by atoms with Crippen LogP contribution < -0.4 is 5.32 Å². The van der Waals surface area contributed by atoms with Crippen molar-refractivity contribution >= 4 is 11.9 Å². The lowest BCUT2D eigenvalue weighted by Gasteiger charge is -2.19. The third kappa shape index (κ3) is 3.57. The smallest absolute Gasteiger partial charge is 0.335 e. The fraction of sp³-hybridized carbons (Fsp3) is 0.467. The van der Waals surface area contributed by atoms with Crippen LogP contribution in [0.25, 0.3) is 0 Å². The fourth-order valence-electron chi connectivity index (χ4n) is 2.59. The van der Waals surface area contributed by atoms with Gasteiger partial charge in [0.05, 0.1) is 12.0 Å². The number of nitrogens with one attached hydrogen (secondary N) is 1. The van der Waals surface area contributed by atoms with E-state index in [4.69, 9.17) is 5.11 Å². The molecule has 2 rings (SSSR count). The number of likely N-dealkylation sites (tertiary alicyclic amines) is 1. The topological polar surface area (TPSA) is 69.6 Å². The molecule has 1 saturated heterocycles. The summed E-state index contributed by atoms with van der Waals surface area (Å²) in [6.45, 7) is 1.70. The van der Waals surface area contributed by atoms with Crippen LogP contribution in [0.4, 0.5) is 0 Å². The number of likely N-dealkylation sites (N-methyl/N-ethyl adjacent to an activating group) is 1. The van der Waals surface area contributed by atoms with Gasteiger partial charge in [-0.2, -0.15) is 0 Å². The average molecular weight is 276 g/mol. The van der Waals surface area contributed by atoms with Gasteiger partial charge in [0.2, 0.25) is 5.91 Å². The predicted octanol–water partition coefficient (Wildman–Crippen LogP) is 1.14. The van der Waals surface area contributed by atoms with Crippen LogP contribution in [-0.4, -0.2) is 48.1 Å². The Bertz CT molecular complexity index is 502. The summed E-state index contributed by atoms with van der Waals surface area (Å²) in [5.74, 6) is -1.12. The second kappa shape index (κ2) is 6.52. The molecular formula is C15H20N2O3. The van der Waals surface area contributed by atoms with Crippen molar-refractivity contribution in [1.29, 1.82) is 0 Å². The zero-order valence-electron chi connectivity index (χ0n) is 11.6. The molecule has 2 N–H and O–H groups in total. The average Bonchev–Trinajstić information content (AvgIpc) is 2.82. The minimum absolute atomic E-state index is 0.110. The van der Waals surface area contributed by atoms with Gasteiger partial charge in [0.15, 0.2) is 0 Å². The third-order valence-electron chi connectivity index (χ3n) is 3.81. The summed E-state index contributed by atoms with van der Waals surface area (Å²) >= 11 is 0. The SMILES string of the molecule is CN1CCCC1CNC(=O)Cc1ccccc1C(=O)O. The molecule has 0 aliphatic carbocycles. The van der Waals surface area contributed by atoms with Gasteiger partial charge in [-0.05, 0) is 38.1 Å². The van der Waals surface area contributed by atoms with Gasteiger partial charge in [-0.25, -0.2) is 4.79 Å². The van der Waals surface area contributed by atoms with Crippen LogP contribution in [0.15, 0.2) is 24.3 Å². The van der Waals surface area contributed by atoms with Crippen LogP contribution in [0.2, 0.25) is 0 Å². The standard InChI is InChI=1S/C15H20N2O3/c1-17-8-4-6-12(17)10-16-14(18)9-11-5-2-3-7-13(11)15(19)20/h2-3,5,7,12H,4,6,8-10H2,1H3,(H,16,18)(H,19,20). The second-order valence-corrected chi connectivity index (χ2v) is 5.22. The lowest BCUT2D eigenvalue weighted by atomic mass is 10.0. The van der Waals surface area contributed by atoms with Crippen LogP contribution in [-0.2, 0) is 11.2 Å². The highest BCUT2D eigenvalue weighted by atomic mass is 16.4. The van der Waals surface area contributed by atoms with Crippen LogP contribution in [0.1, 0.15) is 28.8 Å². The number of rotatable bonds is 5. The first-order valence-corrected chi connectivity index (χ1v) is 6.86. The maximum atomic E-state index is 11.9. The molecule has 5 nitrogen and oxygen atoms in total. The summed E-state index contributed by atoms with van der Waals surface area (Å²) in [6, 6.07) is 7.02. The van der Waals surface area contributed by atoms with E-state index < -0.39 is 5.97 Å². The summed E-state index contributed by atoms with van der Waals surface area (Å²) in [5, 5.41) is 12.0. The molecule has 1 unspecified atom stereocenters. The van der Waals surface area contributed by atoms with E-state index in [1.54, 1.807) is 18.2 Å². The van der Waals surface area contributed by atoms with Crippen molar-refractivity contribution in [3.8, 4) is 0 Å². The Morgan fingerprint density at radius 2 is 2.15 bits per heavy atom. The van der Waals surface area contributed by atoms with Gasteiger partial charge in [-0.15, -0.1) is 0 Å². The summed E-state index contributed by atoms with van der Waals surface area (Å²) < 4.78 is 0. The van der Waals surface area contributed by atoms with Crippen molar-refractivity contribution in [1.82, 2.24) is 10.2 Å². The van der Waals surface area contributed by atoms with Gasteiger partial charge >= 0.3 is 5.97 Å². The molecule has 1 aliphatic heterocycles. The van der Waals surface area contributed by atoms with Gasteiger partial charge in [0.25, 0.3) is 0 Å². The molecule has 1 aromatic rings. The first-order valence-electron chi connectivity index (χ1n) is 6.86. The number of aromatic carboxylic acids is 1. The van der Waals surface area contributed by atoms with Crippen molar-refractivity contribution < 1.29 is 14.7 Å². The lowest BCUT2D eigenvalue weighted by molar-refractivity contribution is -0.120. The van der Waals surface area contributed by atoms with Gasteiger partial charge in [-0.3, -0.25) is 4.79 Å². The number of amides is 1. The van der Waals surface area contributed by atoms with Gasteiger partial charge in [0.1, 0.15) is 0 Å². The van der Waals surface area contributed by atoms with E-state index in [9.17, 15) is 9.59 Å². The second-order valence-electron chi connectivity index (χ2n) is 5.22. The Balaban J connectivity index is 1.90. The van der Waals surface area contributed by atoms with Gasteiger partial charge in [-0.1, -0.05) is 18.2 Å². The van der Waals surface area contributed by atoms with E-state index in [2.05, 4.69) is 17.3 Å². The van der Waals surface area contributed by atoms with E-state index >= 15 is 0 Å². The van der Waals surface area contributed by atoms with Crippen molar-refractivity contribution in [2.75, 3.05) is 20.1 Å². The molecule has 1 aromatic carbocycles. The van der Waals surface area contributed by atoms with Crippen LogP contribution in [0.3, 0.4) is 0 Å². The van der Waals surface area contributed by atoms with Crippen LogP contribution in [0.5, 0.6) is 0 Å². The molecule has 1 amide bonds. The molecular weight excluding hydrogens is 256 g/mol. The maximum Gasteiger partial charge on any atom is 0.335 e. The summed E-state index contributed by atoms with van der Waals surface area (Å²) in [7, 11) is 2.06. The summed E-state index contributed by atoms with van der Waals surface area (Å²) in [6.07, 6.45) is 2.38. The molecule has 0 spiro atoms. The highest BCUT2D eigenvalue weighted by Crippen LogP contribution is 2.14. The highest BCUT2D eigenvalue weighted by Gasteiger charge is 2.21. The number of carbonyl (C=O) groups is 2. The quantitative estimate of drug-likeness (QED) is 0.846. The Labute approximate surface area is 118 Å². The Kier molecular flexibility index (Phi) is 4.74. The van der Waals surface area contributed by atoms with E-state index in [0.717, 1.165) is 13.0 Å². The monoisotopic (exact) mass is 276 g/mol. The molecule has 0 aromatic heterocycles. The minimum Gasteiger partial charge on any atom is -0.478 e. The molecule has 1 atom stereocenters. The lowest BCUT2D eigenvalue weighted by Crippen LogP contribution is -2.38. The number of nitrogens with zero attached hydrogens (tertiary/aromatic N) is 1. The molecule has 20 heavy (non-hydrogen) atoms. The molecule has 0 radical (unpaired) electrons. The Morgan fingerprint density at radius 1 is 1.40 bits per heavy atom. The number of carboxylic acid groups (broad SMARTS) is 1. The normalized spacial score (nSPS) is 18.9. The number of carbonyl (C=O) groups excluding carboxylic acids is 1. The molecule has 1 heterocycles. The minimum atomic E-state index is -0.996. The highest BCUT2D eigenvalue weighted by molar-refractivity contribution is 5.91. The summed E-state index contributed by atoms with van der Waals surface area (Å²) in [4.78, 5) is 25.2. The number of hydrogen-bond donors (Lipinski definition) is 2. The van der Waals surface area contributed by atoms with Crippen molar-refractivity contribution in [3.05, 3.63) is 35.4 Å². The van der Waals surface area contributed by atoms with E-state index in [0.29, 0.717) is 18.2 Å². The molecule has 1 aliphatic rings. The van der Waals surface area contributed by atoms with Gasteiger partial charge in [0, 0.05) is 12.6 Å². The maximum absolute atomic E-state index is 11.9. The number of carboxylic acids is 1. The van der Waals surface area contributed by atoms with Crippen molar-refractivity contribution in [2.24, 2.45) is 0 Å². The zero-order chi connectivity index (χ0) is 14.5. The van der Waals surface area contributed by atoms with E-state index in [1.165, 1.54) is 12.5 Å². The molecule has 108 valence electrons. The predicted molar refractivity (Wildman–Crippen MR) is 75.8 cm³/mol. The first-order chi connectivity index (χ1) is 9.58. The van der Waals surface area contributed by atoms with E-state index in [-0.39, 0.29) is 17.9 Å². The zero-order valence-corrected chi connectivity index (χ0v) is 11.6.